The Labute approximate surface area is 169 Å². The summed E-state index contributed by atoms with van der Waals surface area (Å²) in [5.41, 5.74) is -0.279. The summed E-state index contributed by atoms with van der Waals surface area (Å²) < 4.78 is 23.3. The molecule has 1 aliphatic carbocycles. The van der Waals surface area contributed by atoms with E-state index in [0.29, 0.717) is 12.2 Å². The van der Waals surface area contributed by atoms with Crippen molar-refractivity contribution in [2.75, 3.05) is 0 Å². The summed E-state index contributed by atoms with van der Waals surface area (Å²) in [7, 11) is 0. The molecule has 2 heterocycles. The van der Waals surface area contributed by atoms with E-state index < -0.39 is 29.7 Å². The molecule has 7 heteroatoms. The van der Waals surface area contributed by atoms with Gasteiger partial charge >= 0.3 is 0 Å². The molecule has 4 atom stereocenters. The molecule has 7 nitrogen and oxygen atoms in total. The standard InChI is InChI=1S/C22H27NO6/c1-21(2)28-18-12-22(11-17(24)19(18)29-21,27-14-15-7-4-3-5-8-15)20(25)23-13-16-9-6-10-26-16/h3-10,17-19,24H,11-14H2,1-2H3,(H,23,25)/t17-,18-,19+,22-/m1/s1. The Balaban J connectivity index is 1.54. The summed E-state index contributed by atoms with van der Waals surface area (Å²) in [5, 5.41) is 13.6. The van der Waals surface area contributed by atoms with Gasteiger partial charge in [0.1, 0.15) is 11.9 Å². The van der Waals surface area contributed by atoms with Gasteiger partial charge in [-0.3, -0.25) is 4.79 Å². The number of ether oxygens (including phenoxy) is 3. The van der Waals surface area contributed by atoms with Crippen LogP contribution in [0.15, 0.2) is 53.1 Å². The first-order valence-corrected chi connectivity index (χ1v) is 9.89. The van der Waals surface area contributed by atoms with Gasteiger partial charge in [-0.05, 0) is 31.5 Å². The highest BCUT2D eigenvalue weighted by Crippen LogP contribution is 2.43. The Bertz CT molecular complexity index is 821. The van der Waals surface area contributed by atoms with Crippen molar-refractivity contribution in [2.24, 2.45) is 0 Å². The van der Waals surface area contributed by atoms with Crippen LogP contribution in [0.1, 0.15) is 38.0 Å². The number of rotatable bonds is 6. The van der Waals surface area contributed by atoms with Crippen molar-refractivity contribution < 1.29 is 28.5 Å². The maximum Gasteiger partial charge on any atom is 0.252 e. The maximum absolute atomic E-state index is 13.2. The Kier molecular flexibility index (Phi) is 5.48. The van der Waals surface area contributed by atoms with E-state index in [4.69, 9.17) is 18.6 Å². The summed E-state index contributed by atoms with van der Waals surface area (Å²) in [4.78, 5) is 13.2. The molecule has 0 bridgehead atoms. The SMILES string of the molecule is CC1(C)O[C@H]2[C@H](O)C[C@](OCc3ccccc3)(C(=O)NCc3ccco3)C[C@H]2O1. The molecule has 2 aromatic rings. The van der Waals surface area contributed by atoms with Gasteiger partial charge in [0, 0.05) is 12.8 Å². The van der Waals surface area contributed by atoms with Gasteiger partial charge < -0.3 is 29.1 Å². The van der Waals surface area contributed by atoms with Gasteiger partial charge in [-0.15, -0.1) is 0 Å². The zero-order valence-corrected chi connectivity index (χ0v) is 16.7. The second kappa shape index (κ2) is 7.91. The van der Waals surface area contributed by atoms with Gasteiger partial charge in [0.25, 0.3) is 5.91 Å². The lowest BCUT2D eigenvalue weighted by molar-refractivity contribution is -0.175. The summed E-state index contributed by atoms with van der Waals surface area (Å²) in [5.74, 6) is -0.459. The number of aliphatic hydroxyl groups is 1. The minimum atomic E-state index is -1.23. The molecule has 0 spiro atoms. The molecule has 1 amide bonds. The largest absolute Gasteiger partial charge is 0.467 e. The van der Waals surface area contributed by atoms with Gasteiger partial charge in [-0.2, -0.15) is 0 Å². The molecular weight excluding hydrogens is 374 g/mol. The second-order valence-corrected chi connectivity index (χ2v) is 8.14. The van der Waals surface area contributed by atoms with Crippen LogP contribution in [0.25, 0.3) is 0 Å². The topological polar surface area (TPSA) is 90.2 Å². The van der Waals surface area contributed by atoms with E-state index >= 15 is 0 Å². The van der Waals surface area contributed by atoms with Crippen molar-refractivity contribution in [3.63, 3.8) is 0 Å². The van der Waals surface area contributed by atoms with E-state index in [1.807, 2.05) is 44.2 Å². The number of carbonyl (C=O) groups excluding carboxylic acids is 1. The maximum atomic E-state index is 13.2. The van der Waals surface area contributed by atoms with E-state index in [1.165, 1.54) is 0 Å². The van der Waals surface area contributed by atoms with Crippen molar-refractivity contribution in [3.05, 3.63) is 60.1 Å². The fourth-order valence-corrected chi connectivity index (χ4v) is 4.12. The normalized spacial score (nSPS) is 30.7. The van der Waals surface area contributed by atoms with E-state index in [2.05, 4.69) is 5.32 Å². The molecule has 1 aromatic heterocycles. The lowest BCUT2D eigenvalue weighted by atomic mass is 9.78. The van der Waals surface area contributed by atoms with Gasteiger partial charge in [0.2, 0.25) is 0 Å². The summed E-state index contributed by atoms with van der Waals surface area (Å²) >= 11 is 0. The number of fused-ring (bicyclic) bond motifs is 1. The van der Waals surface area contributed by atoms with Crippen molar-refractivity contribution in [1.82, 2.24) is 5.32 Å². The minimum Gasteiger partial charge on any atom is -0.467 e. The fourth-order valence-electron chi connectivity index (χ4n) is 4.12. The second-order valence-electron chi connectivity index (χ2n) is 8.14. The highest BCUT2D eigenvalue weighted by molar-refractivity contribution is 5.85. The van der Waals surface area contributed by atoms with Crippen molar-refractivity contribution in [2.45, 2.75) is 69.5 Å². The third kappa shape index (κ3) is 4.38. The highest BCUT2D eigenvalue weighted by atomic mass is 16.8. The Morgan fingerprint density at radius 2 is 1.97 bits per heavy atom. The van der Waals surface area contributed by atoms with Crippen LogP contribution in [-0.4, -0.2) is 40.7 Å². The van der Waals surface area contributed by atoms with Gasteiger partial charge in [0.05, 0.1) is 31.6 Å². The third-order valence-electron chi connectivity index (χ3n) is 5.45. The molecule has 29 heavy (non-hydrogen) atoms. The van der Waals surface area contributed by atoms with Crippen LogP contribution in [0, 0.1) is 0 Å². The first-order chi connectivity index (χ1) is 13.9. The number of carbonyl (C=O) groups is 1. The molecule has 2 fully saturated rings. The average molecular weight is 401 g/mol. The van der Waals surface area contributed by atoms with Crippen LogP contribution in [0.2, 0.25) is 0 Å². The number of amides is 1. The van der Waals surface area contributed by atoms with E-state index in [-0.39, 0.29) is 25.5 Å². The molecule has 1 aromatic carbocycles. The zero-order chi connectivity index (χ0) is 20.5. The monoisotopic (exact) mass is 401 g/mol. The van der Waals surface area contributed by atoms with Crippen LogP contribution in [0.3, 0.4) is 0 Å². The van der Waals surface area contributed by atoms with E-state index in [1.54, 1.807) is 18.4 Å². The van der Waals surface area contributed by atoms with Crippen molar-refractivity contribution >= 4 is 5.91 Å². The first kappa shape index (κ1) is 20.1. The van der Waals surface area contributed by atoms with Crippen LogP contribution in [0.5, 0.6) is 0 Å². The molecule has 4 rings (SSSR count). The number of aliphatic hydroxyl groups excluding tert-OH is 1. The summed E-state index contributed by atoms with van der Waals surface area (Å²) in [6, 6.07) is 13.2. The minimum absolute atomic E-state index is 0.129. The average Bonchev–Trinajstić information content (AvgIpc) is 3.32. The van der Waals surface area contributed by atoms with E-state index in [0.717, 1.165) is 5.56 Å². The summed E-state index contributed by atoms with van der Waals surface area (Å²) in [6.07, 6.45) is 0.208. The summed E-state index contributed by atoms with van der Waals surface area (Å²) in [6.45, 7) is 4.11. The molecule has 0 unspecified atom stereocenters. The number of hydrogen-bond donors (Lipinski definition) is 2. The smallest absolute Gasteiger partial charge is 0.252 e. The predicted molar refractivity (Wildman–Crippen MR) is 104 cm³/mol. The molecule has 0 radical (unpaired) electrons. The molecule has 1 aliphatic heterocycles. The van der Waals surface area contributed by atoms with Crippen LogP contribution >= 0.6 is 0 Å². The number of furan rings is 1. The first-order valence-electron chi connectivity index (χ1n) is 9.89. The molecule has 156 valence electrons. The number of hydrogen-bond acceptors (Lipinski definition) is 6. The fraction of sp³-hybridized carbons (Fsp3) is 0.500. The van der Waals surface area contributed by atoms with Gasteiger partial charge in [-0.25, -0.2) is 0 Å². The van der Waals surface area contributed by atoms with Crippen LogP contribution in [-0.2, 0) is 32.2 Å². The Morgan fingerprint density at radius 1 is 1.17 bits per heavy atom. The molecule has 2 aliphatic rings. The lowest BCUT2D eigenvalue weighted by Gasteiger charge is -2.42. The molecule has 1 saturated heterocycles. The molecule has 1 saturated carbocycles. The van der Waals surface area contributed by atoms with Crippen LogP contribution < -0.4 is 5.32 Å². The zero-order valence-electron chi connectivity index (χ0n) is 16.7. The molecular formula is C22H27NO6. The predicted octanol–water partition coefficient (Wildman–Crippen LogP) is 2.53. The third-order valence-corrected chi connectivity index (χ3v) is 5.45. The number of benzene rings is 1. The van der Waals surface area contributed by atoms with Crippen LogP contribution in [0.4, 0.5) is 0 Å². The highest BCUT2D eigenvalue weighted by Gasteiger charge is 2.57. The number of nitrogens with one attached hydrogen (secondary N) is 1. The quantitative estimate of drug-likeness (QED) is 0.773. The van der Waals surface area contributed by atoms with Crippen molar-refractivity contribution in [3.8, 4) is 0 Å². The molecule has 2 N–H and O–H groups in total. The van der Waals surface area contributed by atoms with Crippen molar-refractivity contribution in [1.29, 1.82) is 0 Å². The van der Waals surface area contributed by atoms with E-state index in [9.17, 15) is 9.90 Å². The Morgan fingerprint density at radius 3 is 2.69 bits per heavy atom. The van der Waals surface area contributed by atoms with Gasteiger partial charge in [-0.1, -0.05) is 30.3 Å². The van der Waals surface area contributed by atoms with Gasteiger partial charge in [0.15, 0.2) is 11.4 Å². The Hall–Kier alpha value is -2.19. The lowest BCUT2D eigenvalue weighted by Crippen LogP contribution is -2.59.